The molecule has 0 saturated carbocycles. The monoisotopic (exact) mass is 272 g/mol. The number of carbonyl (C=O) groups is 2. The molecule has 0 unspecified atom stereocenters. The lowest BCUT2D eigenvalue weighted by molar-refractivity contribution is -0.145. The van der Waals surface area contributed by atoms with Gasteiger partial charge in [-0.25, -0.2) is 4.79 Å². The largest absolute Gasteiger partial charge is 0.462 e. The van der Waals surface area contributed by atoms with Gasteiger partial charge in [0.1, 0.15) is 6.10 Å². The number of carbonyl (C=O) groups excluding carboxylic acids is 2. The first-order valence-electron chi connectivity index (χ1n) is 6.40. The first-order chi connectivity index (χ1) is 8.95. The molecule has 0 aliphatic carbocycles. The normalized spacial score (nSPS) is 10.6. The molecule has 0 aromatic carbocycles. The number of rotatable bonds is 9. The Bertz CT molecular complexity index is 269. The predicted octanol–water partition coefficient (Wildman–Crippen LogP) is 1.02. The Morgan fingerprint density at radius 2 is 2.05 bits per heavy atom. The van der Waals surface area contributed by atoms with Gasteiger partial charge in [0.05, 0.1) is 6.61 Å². The fraction of sp³-hybridized carbons (Fsp3) is 0.692. The molecule has 0 aromatic heterocycles. The fourth-order valence-corrected chi connectivity index (χ4v) is 1.18. The van der Waals surface area contributed by atoms with Crippen LogP contribution >= 0.6 is 0 Å². The smallest absolute Gasteiger partial charge is 0.407 e. The summed E-state index contributed by atoms with van der Waals surface area (Å²) in [6.07, 6.45) is -0.460. The first kappa shape index (κ1) is 17.7. The van der Waals surface area contributed by atoms with Crippen molar-refractivity contribution >= 4 is 12.1 Å². The summed E-state index contributed by atoms with van der Waals surface area (Å²) in [7, 11) is 1.97. The molecule has 0 aliphatic rings. The van der Waals surface area contributed by atoms with Crippen molar-refractivity contribution in [3.8, 4) is 0 Å². The molecule has 0 bridgehead atoms. The summed E-state index contributed by atoms with van der Waals surface area (Å²) in [4.78, 5) is 24.4. The van der Waals surface area contributed by atoms with Crippen molar-refractivity contribution in [2.24, 2.45) is 0 Å². The van der Waals surface area contributed by atoms with E-state index in [4.69, 9.17) is 9.47 Å². The van der Waals surface area contributed by atoms with E-state index in [0.29, 0.717) is 13.0 Å². The average Bonchev–Trinajstić information content (AvgIpc) is 2.33. The Kier molecular flexibility index (Phi) is 9.88. The molecule has 19 heavy (non-hydrogen) atoms. The molecule has 0 aliphatic heterocycles. The summed E-state index contributed by atoms with van der Waals surface area (Å²) >= 11 is 0. The van der Waals surface area contributed by atoms with Crippen LogP contribution in [0.15, 0.2) is 0 Å². The fourth-order valence-electron chi connectivity index (χ4n) is 1.18. The Hall–Kier alpha value is -1.30. The van der Waals surface area contributed by atoms with Crippen LogP contribution in [0.2, 0.25) is 0 Å². The van der Waals surface area contributed by atoms with Gasteiger partial charge in [0.2, 0.25) is 0 Å². The number of nitrogens with one attached hydrogen (secondary N) is 1. The number of hydrogen-bond acceptors (Lipinski definition) is 5. The number of amides is 1. The molecule has 2 radical (unpaired) electrons. The highest BCUT2D eigenvalue weighted by atomic mass is 16.6. The van der Waals surface area contributed by atoms with Crippen molar-refractivity contribution < 1.29 is 19.1 Å². The third-order valence-electron chi connectivity index (χ3n) is 2.36. The molecular weight excluding hydrogens is 248 g/mol. The third-order valence-corrected chi connectivity index (χ3v) is 2.36. The van der Waals surface area contributed by atoms with E-state index in [1.807, 2.05) is 14.0 Å². The summed E-state index contributed by atoms with van der Waals surface area (Å²) in [6.45, 7) is 11.3. The Morgan fingerprint density at radius 1 is 1.37 bits per heavy atom. The van der Waals surface area contributed by atoms with E-state index in [0.717, 1.165) is 13.1 Å². The van der Waals surface area contributed by atoms with Crippen LogP contribution in [0.5, 0.6) is 0 Å². The van der Waals surface area contributed by atoms with Crippen LogP contribution in [0.1, 0.15) is 19.8 Å². The Balaban J connectivity index is 3.46. The second-order valence-corrected chi connectivity index (χ2v) is 4.17. The lowest BCUT2D eigenvalue weighted by atomic mass is 10.3. The van der Waals surface area contributed by atoms with E-state index in [-0.39, 0.29) is 19.0 Å². The zero-order chi connectivity index (χ0) is 14.7. The molecule has 0 saturated heterocycles. The van der Waals surface area contributed by atoms with Gasteiger partial charge in [0, 0.05) is 19.5 Å². The number of alkyl carbamates (subject to hydrolysis) is 1. The molecule has 0 heterocycles. The van der Waals surface area contributed by atoms with Crippen LogP contribution in [-0.2, 0) is 14.3 Å². The summed E-state index contributed by atoms with van der Waals surface area (Å²) in [5.41, 5.74) is 0. The highest BCUT2D eigenvalue weighted by Gasteiger charge is 2.06. The van der Waals surface area contributed by atoms with Crippen LogP contribution in [0.3, 0.4) is 0 Å². The minimum absolute atomic E-state index is 0.184. The predicted molar refractivity (Wildman–Crippen MR) is 72.3 cm³/mol. The first-order valence-corrected chi connectivity index (χ1v) is 6.40. The Morgan fingerprint density at radius 3 is 2.63 bits per heavy atom. The maximum atomic E-state index is 11.2. The quantitative estimate of drug-likeness (QED) is 0.501. The van der Waals surface area contributed by atoms with Gasteiger partial charge in [-0.05, 0) is 33.9 Å². The van der Waals surface area contributed by atoms with Gasteiger partial charge in [-0.1, -0.05) is 6.92 Å². The van der Waals surface area contributed by atoms with Crippen molar-refractivity contribution in [3.05, 3.63) is 13.8 Å². The third kappa shape index (κ3) is 11.5. The van der Waals surface area contributed by atoms with Crippen LogP contribution in [-0.4, -0.2) is 56.4 Å². The van der Waals surface area contributed by atoms with E-state index in [9.17, 15) is 9.59 Å². The average molecular weight is 272 g/mol. The molecule has 1 amide bonds. The zero-order valence-electron chi connectivity index (χ0n) is 11.8. The summed E-state index contributed by atoms with van der Waals surface area (Å²) in [5, 5.41) is 2.63. The van der Waals surface area contributed by atoms with E-state index >= 15 is 0 Å². The van der Waals surface area contributed by atoms with Gasteiger partial charge >= 0.3 is 12.1 Å². The standard InChI is InChI=1S/C13H24N2O4/c1-5-15(4)9-8-14-13(17)18-10-6-7-12(16)19-11(2)3/h11H,2-3,5-10H2,1,4H3,(H,14,17). The van der Waals surface area contributed by atoms with E-state index in [2.05, 4.69) is 24.1 Å². The maximum Gasteiger partial charge on any atom is 0.407 e. The number of esters is 1. The second kappa shape index (κ2) is 10.6. The molecule has 0 atom stereocenters. The van der Waals surface area contributed by atoms with Gasteiger partial charge in [0.15, 0.2) is 0 Å². The number of ether oxygens (including phenoxy) is 2. The summed E-state index contributed by atoms with van der Waals surface area (Å²) in [5.74, 6) is -0.386. The minimum atomic E-state index is -0.604. The SMILES string of the molecule is [CH2]C([CH2])OC(=O)CCCOC(=O)NCCN(C)CC. The van der Waals surface area contributed by atoms with Crippen LogP contribution in [0, 0.1) is 13.8 Å². The molecule has 0 spiro atoms. The van der Waals surface area contributed by atoms with Gasteiger partial charge in [0.25, 0.3) is 0 Å². The van der Waals surface area contributed by atoms with Crippen molar-refractivity contribution in [3.63, 3.8) is 0 Å². The Labute approximate surface area is 115 Å². The van der Waals surface area contributed by atoms with Crippen molar-refractivity contribution in [1.29, 1.82) is 0 Å². The van der Waals surface area contributed by atoms with Crippen molar-refractivity contribution in [2.75, 3.05) is 33.3 Å². The van der Waals surface area contributed by atoms with Gasteiger partial charge in [-0.2, -0.15) is 0 Å². The van der Waals surface area contributed by atoms with Gasteiger partial charge < -0.3 is 19.7 Å². The van der Waals surface area contributed by atoms with E-state index in [1.54, 1.807) is 0 Å². The van der Waals surface area contributed by atoms with Gasteiger partial charge in [-0.3, -0.25) is 4.79 Å². The van der Waals surface area contributed by atoms with E-state index < -0.39 is 12.2 Å². The number of likely N-dealkylation sites (N-methyl/N-ethyl adjacent to an activating group) is 1. The highest BCUT2D eigenvalue weighted by molar-refractivity contribution is 5.70. The van der Waals surface area contributed by atoms with Crippen LogP contribution in [0.4, 0.5) is 4.79 Å². The van der Waals surface area contributed by atoms with E-state index in [1.165, 1.54) is 0 Å². The molecular formula is C13H24N2O4. The molecule has 6 nitrogen and oxygen atoms in total. The lowest BCUT2D eigenvalue weighted by Crippen LogP contribution is -2.33. The highest BCUT2D eigenvalue weighted by Crippen LogP contribution is 1.97. The molecule has 6 heteroatoms. The molecule has 0 rings (SSSR count). The topological polar surface area (TPSA) is 67.9 Å². The zero-order valence-corrected chi connectivity index (χ0v) is 11.8. The molecule has 0 aromatic rings. The number of hydrogen-bond donors (Lipinski definition) is 1. The maximum absolute atomic E-state index is 11.2. The van der Waals surface area contributed by atoms with Crippen molar-refractivity contribution in [1.82, 2.24) is 10.2 Å². The summed E-state index contributed by atoms with van der Waals surface area (Å²) in [6, 6.07) is 0. The molecule has 0 fully saturated rings. The van der Waals surface area contributed by atoms with Crippen LogP contribution in [0.25, 0.3) is 0 Å². The molecule has 110 valence electrons. The second-order valence-electron chi connectivity index (χ2n) is 4.17. The summed E-state index contributed by atoms with van der Waals surface area (Å²) < 4.78 is 9.64. The number of nitrogens with zero attached hydrogens (tertiary/aromatic N) is 1. The van der Waals surface area contributed by atoms with Crippen molar-refractivity contribution in [2.45, 2.75) is 25.9 Å². The lowest BCUT2D eigenvalue weighted by Gasteiger charge is -2.14. The van der Waals surface area contributed by atoms with Crippen LogP contribution < -0.4 is 5.32 Å². The van der Waals surface area contributed by atoms with Gasteiger partial charge in [-0.15, -0.1) is 0 Å². The molecule has 1 N–H and O–H groups in total. The minimum Gasteiger partial charge on any atom is -0.462 e.